The lowest BCUT2D eigenvalue weighted by Crippen LogP contribution is -2.49. The molecule has 1 saturated heterocycles. The van der Waals surface area contributed by atoms with Gasteiger partial charge in [-0.3, -0.25) is 9.59 Å². The molecule has 6 nitrogen and oxygen atoms in total. The Balaban J connectivity index is 2.24. The summed E-state index contributed by atoms with van der Waals surface area (Å²) in [7, 11) is 0. The van der Waals surface area contributed by atoms with E-state index in [1.807, 2.05) is 6.07 Å². The van der Waals surface area contributed by atoms with Crippen molar-refractivity contribution in [3.8, 4) is 6.07 Å². The molecule has 2 rings (SSSR count). The van der Waals surface area contributed by atoms with Crippen molar-refractivity contribution in [3.05, 3.63) is 35.4 Å². The summed E-state index contributed by atoms with van der Waals surface area (Å²) in [6.07, 6.45) is 1.58. The van der Waals surface area contributed by atoms with Crippen molar-refractivity contribution >= 4 is 11.8 Å². The summed E-state index contributed by atoms with van der Waals surface area (Å²) in [5, 5.41) is 12.1. The number of nitrogens with two attached hydrogens (primary N) is 1. The van der Waals surface area contributed by atoms with E-state index in [1.54, 1.807) is 18.2 Å². The van der Waals surface area contributed by atoms with Crippen LogP contribution in [0.3, 0.4) is 0 Å². The van der Waals surface area contributed by atoms with E-state index in [0.29, 0.717) is 11.1 Å². The van der Waals surface area contributed by atoms with Gasteiger partial charge in [-0.15, -0.1) is 0 Å². The second-order valence-electron chi connectivity index (χ2n) is 5.07. The van der Waals surface area contributed by atoms with E-state index in [1.165, 1.54) is 11.0 Å². The van der Waals surface area contributed by atoms with Crippen LogP contribution in [0.25, 0.3) is 0 Å². The Labute approximate surface area is 123 Å². The lowest BCUT2D eigenvalue weighted by Gasteiger charge is -2.34. The highest BCUT2D eigenvalue weighted by Crippen LogP contribution is 2.16. The summed E-state index contributed by atoms with van der Waals surface area (Å²) in [5.74, 6) is -0.781. The smallest absolute Gasteiger partial charge is 0.254 e. The van der Waals surface area contributed by atoms with Gasteiger partial charge in [-0.05, 0) is 44.1 Å². The Morgan fingerprint density at radius 2 is 2.10 bits per heavy atom. The van der Waals surface area contributed by atoms with Gasteiger partial charge in [0, 0.05) is 11.6 Å². The van der Waals surface area contributed by atoms with E-state index in [2.05, 4.69) is 5.32 Å². The average Bonchev–Trinajstić information content (AvgIpc) is 2.52. The number of piperidine rings is 1. The average molecular weight is 286 g/mol. The maximum atomic E-state index is 12.6. The van der Waals surface area contributed by atoms with Crippen molar-refractivity contribution in [2.75, 3.05) is 19.6 Å². The van der Waals surface area contributed by atoms with Gasteiger partial charge in [-0.1, -0.05) is 6.07 Å². The number of carbonyl (C=O) groups is 2. The number of benzene rings is 1. The van der Waals surface area contributed by atoms with Gasteiger partial charge in [-0.2, -0.15) is 5.26 Å². The fourth-order valence-corrected chi connectivity index (χ4v) is 2.54. The highest BCUT2D eigenvalue weighted by molar-refractivity contribution is 5.96. The summed E-state index contributed by atoms with van der Waals surface area (Å²) in [4.78, 5) is 25.4. The number of hydrogen-bond donors (Lipinski definition) is 2. The van der Waals surface area contributed by atoms with Gasteiger partial charge in [0.15, 0.2) is 0 Å². The van der Waals surface area contributed by atoms with E-state index in [4.69, 9.17) is 11.0 Å². The highest BCUT2D eigenvalue weighted by atomic mass is 16.2. The minimum atomic E-state index is -0.529. The lowest BCUT2D eigenvalue weighted by molar-refractivity contribution is -0.119. The van der Waals surface area contributed by atoms with Crippen LogP contribution in [0.5, 0.6) is 0 Å². The Bertz CT molecular complexity index is 573. The van der Waals surface area contributed by atoms with Crippen LogP contribution >= 0.6 is 0 Å². The van der Waals surface area contributed by atoms with Crippen molar-refractivity contribution < 1.29 is 9.59 Å². The highest BCUT2D eigenvalue weighted by Gasteiger charge is 2.27. The van der Waals surface area contributed by atoms with Crippen molar-refractivity contribution in [1.29, 1.82) is 5.26 Å². The Hall–Kier alpha value is -2.39. The fourth-order valence-electron chi connectivity index (χ4n) is 2.54. The SMILES string of the molecule is N#Cc1cccc(C(=O)N(CC(N)=O)C2CCNCC2)c1. The maximum Gasteiger partial charge on any atom is 0.254 e. The molecule has 1 aliphatic rings. The number of carbonyl (C=O) groups excluding carboxylic acids is 2. The zero-order chi connectivity index (χ0) is 15.2. The summed E-state index contributed by atoms with van der Waals surface area (Å²) in [5.41, 5.74) is 6.10. The lowest BCUT2D eigenvalue weighted by atomic mass is 10.0. The predicted octanol–water partition coefficient (Wildman–Crippen LogP) is 0.238. The zero-order valence-electron chi connectivity index (χ0n) is 11.7. The van der Waals surface area contributed by atoms with Crippen LogP contribution in [0.4, 0.5) is 0 Å². The number of amides is 2. The molecular weight excluding hydrogens is 268 g/mol. The summed E-state index contributed by atoms with van der Waals surface area (Å²) in [6.45, 7) is 1.52. The molecule has 2 amide bonds. The molecule has 0 atom stereocenters. The quantitative estimate of drug-likeness (QED) is 0.828. The van der Waals surface area contributed by atoms with E-state index in [9.17, 15) is 9.59 Å². The Morgan fingerprint density at radius 3 is 2.71 bits per heavy atom. The van der Waals surface area contributed by atoms with Gasteiger partial charge >= 0.3 is 0 Å². The molecule has 0 aromatic heterocycles. The Morgan fingerprint density at radius 1 is 1.38 bits per heavy atom. The molecule has 0 unspecified atom stereocenters. The molecule has 1 heterocycles. The van der Waals surface area contributed by atoms with Gasteiger partial charge in [0.25, 0.3) is 5.91 Å². The van der Waals surface area contributed by atoms with E-state index in [0.717, 1.165) is 25.9 Å². The molecule has 0 aliphatic carbocycles. The summed E-state index contributed by atoms with van der Waals surface area (Å²) < 4.78 is 0. The molecule has 6 heteroatoms. The van der Waals surface area contributed by atoms with E-state index in [-0.39, 0.29) is 18.5 Å². The van der Waals surface area contributed by atoms with Crippen LogP contribution in [-0.4, -0.2) is 42.4 Å². The van der Waals surface area contributed by atoms with E-state index >= 15 is 0 Å². The van der Waals surface area contributed by atoms with Crippen molar-refractivity contribution in [1.82, 2.24) is 10.2 Å². The van der Waals surface area contributed by atoms with Crippen LogP contribution in [0.2, 0.25) is 0 Å². The van der Waals surface area contributed by atoms with Gasteiger partial charge in [0.2, 0.25) is 5.91 Å². The van der Waals surface area contributed by atoms with Crippen LogP contribution < -0.4 is 11.1 Å². The molecule has 0 bridgehead atoms. The molecule has 0 spiro atoms. The summed E-state index contributed by atoms with van der Waals surface area (Å²) in [6, 6.07) is 8.50. The summed E-state index contributed by atoms with van der Waals surface area (Å²) >= 11 is 0. The minimum absolute atomic E-state index is 0.00279. The van der Waals surface area contributed by atoms with Gasteiger partial charge in [0.05, 0.1) is 18.2 Å². The molecule has 21 heavy (non-hydrogen) atoms. The largest absolute Gasteiger partial charge is 0.368 e. The molecule has 1 aromatic rings. The van der Waals surface area contributed by atoms with E-state index < -0.39 is 5.91 Å². The molecule has 3 N–H and O–H groups in total. The Kier molecular flexibility index (Phi) is 4.90. The van der Waals surface area contributed by atoms with Crippen LogP contribution in [0.1, 0.15) is 28.8 Å². The van der Waals surface area contributed by atoms with Crippen molar-refractivity contribution in [2.45, 2.75) is 18.9 Å². The van der Waals surface area contributed by atoms with Gasteiger partial charge in [0.1, 0.15) is 0 Å². The number of nitriles is 1. The fraction of sp³-hybridized carbons (Fsp3) is 0.400. The van der Waals surface area contributed by atoms with Crippen LogP contribution in [0.15, 0.2) is 24.3 Å². The number of nitrogens with zero attached hydrogens (tertiary/aromatic N) is 2. The first-order chi connectivity index (χ1) is 10.1. The second-order valence-corrected chi connectivity index (χ2v) is 5.07. The third-order valence-corrected chi connectivity index (χ3v) is 3.58. The molecule has 0 saturated carbocycles. The first kappa shape index (κ1) is 15.0. The molecule has 1 aliphatic heterocycles. The molecule has 1 aromatic carbocycles. The second kappa shape index (κ2) is 6.86. The van der Waals surface area contributed by atoms with Gasteiger partial charge < -0.3 is 16.0 Å². The molecule has 110 valence electrons. The predicted molar refractivity (Wildman–Crippen MR) is 77.3 cm³/mol. The number of nitrogens with one attached hydrogen (secondary N) is 1. The zero-order valence-corrected chi connectivity index (χ0v) is 11.7. The number of primary amides is 1. The maximum absolute atomic E-state index is 12.6. The van der Waals surface area contributed by atoms with Crippen molar-refractivity contribution in [3.63, 3.8) is 0 Å². The molecule has 1 fully saturated rings. The molecule has 0 radical (unpaired) electrons. The standard InChI is InChI=1S/C15H18N4O2/c16-9-11-2-1-3-12(8-11)15(21)19(10-14(17)20)13-4-6-18-7-5-13/h1-3,8,13,18H,4-7,10H2,(H2,17,20). The first-order valence-electron chi connectivity index (χ1n) is 6.92. The van der Waals surface area contributed by atoms with Crippen LogP contribution in [-0.2, 0) is 4.79 Å². The molecular formula is C15H18N4O2. The number of hydrogen-bond acceptors (Lipinski definition) is 4. The normalized spacial score (nSPS) is 15.2. The number of rotatable bonds is 4. The minimum Gasteiger partial charge on any atom is -0.368 e. The topological polar surface area (TPSA) is 99.2 Å². The first-order valence-corrected chi connectivity index (χ1v) is 6.92. The van der Waals surface area contributed by atoms with Crippen LogP contribution in [0, 0.1) is 11.3 Å². The third-order valence-electron chi connectivity index (χ3n) is 3.58. The third kappa shape index (κ3) is 3.80. The van der Waals surface area contributed by atoms with Gasteiger partial charge in [-0.25, -0.2) is 0 Å². The monoisotopic (exact) mass is 286 g/mol. The van der Waals surface area contributed by atoms with Crippen molar-refractivity contribution in [2.24, 2.45) is 5.73 Å².